The summed E-state index contributed by atoms with van der Waals surface area (Å²) in [4.78, 5) is 52.0. The minimum atomic E-state index is -0.739. The average molecular weight is 755 g/mol. The Hall–Kier alpha value is -5.60. The first kappa shape index (κ1) is 36.7. The van der Waals surface area contributed by atoms with Crippen LogP contribution in [0.1, 0.15) is 33.8 Å². The number of ether oxygens (including phenoxy) is 1. The minimum absolute atomic E-state index is 0.0322. The van der Waals surface area contributed by atoms with E-state index >= 15 is 4.39 Å². The Kier molecular flexibility index (Phi) is 10.2. The van der Waals surface area contributed by atoms with Crippen molar-refractivity contribution in [1.82, 2.24) is 34.5 Å². The van der Waals surface area contributed by atoms with E-state index in [0.717, 1.165) is 36.0 Å². The van der Waals surface area contributed by atoms with Crippen LogP contribution in [0.2, 0.25) is 5.02 Å². The number of methoxy groups -OCH3 is 1. The molecule has 2 saturated heterocycles. The number of carbonyl (C=O) groups is 3. The number of aromatic amines is 1. The molecule has 0 radical (unpaired) electrons. The molecule has 3 amide bonds. The molecule has 5 heterocycles. The van der Waals surface area contributed by atoms with Crippen LogP contribution in [0.3, 0.4) is 0 Å². The predicted octanol–water partition coefficient (Wildman–Crippen LogP) is 5.36. The van der Waals surface area contributed by atoms with Gasteiger partial charge < -0.3 is 28.9 Å². The molecule has 0 spiro atoms. The second-order valence-electron chi connectivity index (χ2n) is 14.4. The summed E-state index contributed by atoms with van der Waals surface area (Å²) in [5, 5.41) is 10.1. The van der Waals surface area contributed by atoms with Gasteiger partial charge in [0.1, 0.15) is 5.75 Å². The number of benzene rings is 2. The van der Waals surface area contributed by atoms with E-state index in [1.807, 2.05) is 29.2 Å². The Balaban J connectivity index is 0.981. The van der Waals surface area contributed by atoms with Crippen LogP contribution in [0.15, 0.2) is 67.0 Å². The highest BCUT2D eigenvalue weighted by molar-refractivity contribution is 6.34. The highest BCUT2D eigenvalue weighted by Gasteiger charge is 2.35. The summed E-state index contributed by atoms with van der Waals surface area (Å²) in [5.41, 5.74) is 3.69. The van der Waals surface area contributed by atoms with Crippen LogP contribution in [0.5, 0.6) is 5.75 Å². The molecule has 0 saturated carbocycles. The number of pyridine rings is 1. The molecule has 13 nitrogen and oxygen atoms in total. The molecule has 54 heavy (non-hydrogen) atoms. The fourth-order valence-corrected chi connectivity index (χ4v) is 7.39. The number of nitrogens with one attached hydrogen (secondary N) is 2. The predicted molar refractivity (Wildman–Crippen MR) is 202 cm³/mol. The number of anilines is 1. The number of nitrogens with zero attached hydrogens (tertiary/aromatic N) is 7. The molecular formula is C39H42ClFN9O4+. The molecule has 15 heteroatoms. The van der Waals surface area contributed by atoms with Gasteiger partial charge in [-0.2, -0.15) is 9.49 Å². The maximum Gasteiger partial charge on any atom is 0.291 e. The number of piperidine rings is 1. The van der Waals surface area contributed by atoms with E-state index in [2.05, 4.69) is 39.6 Å². The molecule has 2 aliphatic heterocycles. The monoisotopic (exact) mass is 754 g/mol. The normalized spacial score (nSPS) is 16.0. The topological polar surface area (TPSA) is 138 Å². The Morgan fingerprint density at radius 1 is 0.944 bits per heavy atom. The second-order valence-corrected chi connectivity index (χ2v) is 14.8. The maximum absolute atomic E-state index is 15.6. The fraction of sp³-hybridized carbons (Fsp3) is 0.333. The lowest BCUT2D eigenvalue weighted by Gasteiger charge is -2.40. The second kappa shape index (κ2) is 15.0. The van der Waals surface area contributed by atoms with Gasteiger partial charge in [-0.25, -0.2) is 9.97 Å². The lowest BCUT2D eigenvalue weighted by Crippen LogP contribution is -2.54. The molecule has 3 aromatic heterocycles. The number of carbonyl (C=O) groups excluding carboxylic acids is 3. The molecule has 0 aliphatic carbocycles. The van der Waals surface area contributed by atoms with E-state index < -0.39 is 11.9 Å². The van der Waals surface area contributed by atoms with Crippen molar-refractivity contribution in [3.8, 4) is 39.5 Å². The van der Waals surface area contributed by atoms with Crippen molar-refractivity contribution < 1.29 is 28.0 Å². The zero-order chi connectivity index (χ0) is 38.1. The highest BCUT2D eigenvalue weighted by Crippen LogP contribution is 2.33. The van der Waals surface area contributed by atoms with Crippen molar-refractivity contribution in [3.05, 3.63) is 89.3 Å². The molecule has 0 atom stereocenters. The minimum Gasteiger partial charge on any atom is -0.497 e. The average Bonchev–Trinajstić information content (AvgIpc) is 3.82. The number of imidazole rings is 1. The highest BCUT2D eigenvalue weighted by atomic mass is 35.5. The molecule has 0 bridgehead atoms. The number of hydrogen-bond acceptors (Lipinski definition) is 7. The van der Waals surface area contributed by atoms with E-state index in [9.17, 15) is 14.4 Å². The molecule has 2 aliphatic rings. The van der Waals surface area contributed by atoms with Crippen LogP contribution in [0.4, 0.5) is 10.1 Å². The van der Waals surface area contributed by atoms with Gasteiger partial charge in [0.25, 0.3) is 11.8 Å². The van der Waals surface area contributed by atoms with E-state index in [-0.39, 0.29) is 34.1 Å². The number of piperazine rings is 1. The lowest BCUT2D eigenvalue weighted by molar-refractivity contribution is -0.895. The van der Waals surface area contributed by atoms with Crippen molar-refractivity contribution >= 4 is 35.0 Å². The first-order chi connectivity index (χ1) is 25.9. The van der Waals surface area contributed by atoms with Crippen molar-refractivity contribution in [2.45, 2.75) is 12.8 Å². The van der Waals surface area contributed by atoms with Gasteiger partial charge in [0.2, 0.25) is 11.9 Å². The number of H-pyrrole nitrogens is 1. The summed E-state index contributed by atoms with van der Waals surface area (Å²) < 4.78 is 23.2. The van der Waals surface area contributed by atoms with Crippen LogP contribution in [0, 0.1) is 11.9 Å². The van der Waals surface area contributed by atoms with Crippen LogP contribution in [-0.4, -0.2) is 117 Å². The molecule has 7 rings (SSSR count). The molecule has 0 unspecified atom stereocenters. The largest absolute Gasteiger partial charge is 0.497 e. The molecule has 2 N–H and O–H groups in total. The van der Waals surface area contributed by atoms with E-state index in [0.29, 0.717) is 65.8 Å². The van der Waals surface area contributed by atoms with Crippen molar-refractivity contribution in [2.75, 3.05) is 65.8 Å². The van der Waals surface area contributed by atoms with E-state index in [1.165, 1.54) is 16.8 Å². The zero-order valence-corrected chi connectivity index (χ0v) is 31.4. The van der Waals surface area contributed by atoms with Gasteiger partial charge >= 0.3 is 0 Å². The molecule has 5 aromatic rings. The van der Waals surface area contributed by atoms with Crippen LogP contribution in [0.25, 0.3) is 33.8 Å². The summed E-state index contributed by atoms with van der Waals surface area (Å²) in [5.74, 6) is -0.548. The fourth-order valence-electron chi connectivity index (χ4n) is 7.13. The van der Waals surface area contributed by atoms with Gasteiger partial charge in [0, 0.05) is 68.8 Å². The number of likely N-dealkylation sites (tertiary alicyclic amines) is 1. The van der Waals surface area contributed by atoms with Crippen LogP contribution in [-0.2, 0) is 11.8 Å². The SMILES string of the molecule is COc1ccc(-c2[nH]ncc2-c2ccc(-c3cnc(C(=O)Nc4ccc(C(=O)N5CCN(C(=O)C6CC[N+](C)(C)CC6)CC5)c(Cl)c4)n3C)c(F)n2)cc1. The number of rotatable bonds is 8. The van der Waals surface area contributed by atoms with E-state index in [4.69, 9.17) is 16.3 Å². The summed E-state index contributed by atoms with van der Waals surface area (Å²) >= 11 is 6.57. The third kappa shape index (κ3) is 7.44. The van der Waals surface area contributed by atoms with Gasteiger partial charge in [-0.15, -0.1) is 0 Å². The van der Waals surface area contributed by atoms with Gasteiger partial charge in [0.15, 0.2) is 5.82 Å². The number of quaternary nitrogens is 1. The number of halogens is 2. The number of hydrogen-bond donors (Lipinski definition) is 2. The number of amides is 3. The summed E-state index contributed by atoms with van der Waals surface area (Å²) in [6, 6.07) is 15.4. The molecule has 2 fully saturated rings. The Morgan fingerprint density at radius 3 is 2.31 bits per heavy atom. The maximum atomic E-state index is 15.6. The van der Waals surface area contributed by atoms with Crippen LogP contribution >= 0.6 is 11.6 Å². The quantitative estimate of drug-likeness (QED) is 0.161. The van der Waals surface area contributed by atoms with Crippen molar-refractivity contribution in [1.29, 1.82) is 0 Å². The zero-order valence-electron chi connectivity index (χ0n) is 30.6. The summed E-state index contributed by atoms with van der Waals surface area (Å²) in [6.07, 6.45) is 4.77. The van der Waals surface area contributed by atoms with Gasteiger partial charge in [0.05, 0.1) is 79.9 Å². The van der Waals surface area contributed by atoms with Crippen molar-refractivity contribution in [2.24, 2.45) is 13.0 Å². The Labute approximate surface area is 317 Å². The van der Waals surface area contributed by atoms with Gasteiger partial charge in [-0.1, -0.05) is 11.6 Å². The third-order valence-corrected chi connectivity index (χ3v) is 10.8. The first-order valence-electron chi connectivity index (χ1n) is 17.8. The smallest absolute Gasteiger partial charge is 0.291 e. The molecule has 2 aromatic carbocycles. The standard InChI is InChI=1S/C39H41ClFN9O4/c1-47-33(29-11-12-32(45-35(29)41)30-22-43-46-34(30)24-5-8-27(54-4)9-6-24)23-42-36(47)37(51)44-26-7-10-28(31(40)21-26)39(53)49-17-15-48(16-18-49)38(52)25-13-19-50(2,3)20-14-25/h5-12,21-23,25H,13-20H2,1-4H3,(H-,43,44,45,46,51,53)/p+1. The van der Waals surface area contributed by atoms with Crippen LogP contribution < -0.4 is 10.1 Å². The van der Waals surface area contributed by atoms with Gasteiger partial charge in [-0.05, 0) is 54.6 Å². The van der Waals surface area contributed by atoms with E-state index in [1.54, 1.807) is 49.5 Å². The van der Waals surface area contributed by atoms with Gasteiger partial charge in [-0.3, -0.25) is 19.5 Å². The first-order valence-corrected chi connectivity index (χ1v) is 18.2. The van der Waals surface area contributed by atoms with Crippen molar-refractivity contribution in [3.63, 3.8) is 0 Å². The third-order valence-electron chi connectivity index (χ3n) is 10.5. The molecule has 280 valence electrons. The lowest BCUT2D eigenvalue weighted by atomic mass is 9.94. The molecular weight excluding hydrogens is 713 g/mol. The number of aromatic nitrogens is 5. The summed E-state index contributed by atoms with van der Waals surface area (Å²) in [7, 11) is 7.59. The Bertz CT molecular complexity index is 2200. The summed E-state index contributed by atoms with van der Waals surface area (Å²) in [6.45, 7) is 3.78. The Morgan fingerprint density at radius 2 is 1.65 bits per heavy atom.